The molecule has 0 unspecified atom stereocenters. The minimum Gasteiger partial charge on any atom is -0.318 e. The van der Waals surface area contributed by atoms with Crippen molar-refractivity contribution in [3.63, 3.8) is 0 Å². The van der Waals surface area contributed by atoms with E-state index < -0.39 is 0 Å². The van der Waals surface area contributed by atoms with E-state index in [2.05, 4.69) is 37.0 Å². The Labute approximate surface area is 112 Å². The van der Waals surface area contributed by atoms with E-state index in [-0.39, 0.29) is 6.42 Å². The zero-order chi connectivity index (χ0) is 13.3. The molecule has 0 radical (unpaired) electrons. The molecule has 0 spiro atoms. The number of aromatic nitrogens is 2. The molecule has 0 saturated heterocycles. The number of hydrogen-bond acceptors (Lipinski definition) is 2. The maximum Gasteiger partial charge on any atom is 0.141 e. The lowest BCUT2D eigenvalue weighted by molar-refractivity contribution is 0.923. The van der Waals surface area contributed by atoms with E-state index in [0.29, 0.717) is 10.8 Å². The fourth-order valence-electron chi connectivity index (χ4n) is 2.03. The van der Waals surface area contributed by atoms with Gasteiger partial charge in [-0.25, -0.2) is 4.98 Å². The first-order chi connectivity index (χ1) is 8.54. The normalized spacial score (nSPS) is 10.4. The predicted octanol–water partition coefficient (Wildman–Crippen LogP) is 3.42. The lowest BCUT2D eigenvalue weighted by Crippen LogP contribution is -1.94. The maximum atomic E-state index is 8.75. The zero-order valence-corrected chi connectivity index (χ0v) is 11.4. The summed E-state index contributed by atoms with van der Waals surface area (Å²) < 4.78 is 1.83. The van der Waals surface area contributed by atoms with Crippen molar-refractivity contribution < 1.29 is 0 Å². The number of halogens is 1. The molecular weight excluding hydrogens is 246 g/mol. The third-order valence-corrected chi connectivity index (χ3v) is 3.43. The van der Waals surface area contributed by atoms with Crippen LogP contribution in [0.25, 0.3) is 11.4 Å². The number of aryl methyl sites for hydroxylation is 2. The second-order valence-electron chi connectivity index (χ2n) is 4.39. The van der Waals surface area contributed by atoms with Gasteiger partial charge in [0.05, 0.1) is 18.2 Å². The molecule has 1 aromatic heterocycles. The Morgan fingerprint density at radius 2 is 2.11 bits per heavy atom. The van der Waals surface area contributed by atoms with Crippen molar-refractivity contribution >= 4 is 11.6 Å². The number of benzene rings is 1. The lowest BCUT2D eigenvalue weighted by Gasteiger charge is -2.07. The van der Waals surface area contributed by atoms with Gasteiger partial charge >= 0.3 is 0 Å². The predicted molar refractivity (Wildman–Crippen MR) is 72.4 cm³/mol. The molecule has 3 nitrogen and oxygen atoms in total. The van der Waals surface area contributed by atoms with E-state index in [1.54, 1.807) is 0 Å². The highest BCUT2D eigenvalue weighted by molar-refractivity contribution is 6.30. The molecule has 0 aliphatic heterocycles. The highest BCUT2D eigenvalue weighted by Gasteiger charge is 2.15. The second-order valence-corrected chi connectivity index (χ2v) is 4.74. The van der Waals surface area contributed by atoms with Crippen LogP contribution < -0.4 is 0 Å². The fraction of sp³-hybridized carbons (Fsp3) is 0.286. The van der Waals surface area contributed by atoms with E-state index in [9.17, 15) is 0 Å². The molecular formula is C14H14ClN3. The number of rotatable bonds is 2. The van der Waals surface area contributed by atoms with Gasteiger partial charge in [-0.05, 0) is 19.4 Å². The van der Waals surface area contributed by atoms with Crippen LogP contribution in [0.5, 0.6) is 0 Å². The van der Waals surface area contributed by atoms with Crippen LogP contribution >= 0.6 is 11.6 Å². The third-order valence-electron chi connectivity index (χ3n) is 2.96. The van der Waals surface area contributed by atoms with Gasteiger partial charge in [-0.1, -0.05) is 35.4 Å². The summed E-state index contributed by atoms with van der Waals surface area (Å²) in [5, 5.41) is 9.28. The van der Waals surface area contributed by atoms with E-state index >= 15 is 0 Å². The average Bonchev–Trinajstić information content (AvgIpc) is 2.58. The molecule has 2 aromatic rings. The summed E-state index contributed by atoms with van der Waals surface area (Å²) in [7, 11) is 1.87. The Morgan fingerprint density at radius 1 is 1.39 bits per heavy atom. The van der Waals surface area contributed by atoms with Crippen LogP contribution in [-0.4, -0.2) is 9.55 Å². The monoisotopic (exact) mass is 259 g/mol. The molecule has 0 fully saturated rings. The van der Waals surface area contributed by atoms with Gasteiger partial charge in [0.1, 0.15) is 11.0 Å². The lowest BCUT2D eigenvalue weighted by atomic mass is 10.1. The minimum atomic E-state index is 0.234. The molecule has 4 heteroatoms. The third kappa shape index (κ3) is 2.12. The van der Waals surface area contributed by atoms with Gasteiger partial charge < -0.3 is 4.57 Å². The van der Waals surface area contributed by atoms with Crippen molar-refractivity contribution in [2.75, 3.05) is 0 Å². The summed E-state index contributed by atoms with van der Waals surface area (Å²) in [6.07, 6.45) is 0.234. The first-order valence-corrected chi connectivity index (χ1v) is 6.08. The Kier molecular flexibility index (Phi) is 3.40. The molecule has 0 N–H and O–H groups in total. The number of hydrogen-bond donors (Lipinski definition) is 0. The van der Waals surface area contributed by atoms with Gasteiger partial charge in [0.25, 0.3) is 0 Å². The molecule has 0 saturated carbocycles. The van der Waals surface area contributed by atoms with Crippen LogP contribution in [0, 0.1) is 25.2 Å². The SMILES string of the molecule is Cc1ccc(-c2nc(CC#N)c(Cl)n2C)c(C)c1. The molecule has 0 aliphatic rings. The fourth-order valence-corrected chi connectivity index (χ4v) is 2.22. The second kappa shape index (κ2) is 4.83. The van der Waals surface area contributed by atoms with Gasteiger partial charge in [-0.15, -0.1) is 0 Å². The van der Waals surface area contributed by atoms with Crippen molar-refractivity contribution in [2.45, 2.75) is 20.3 Å². The van der Waals surface area contributed by atoms with E-state index in [1.807, 2.05) is 17.7 Å². The molecule has 1 aromatic carbocycles. The topological polar surface area (TPSA) is 41.6 Å². The maximum absolute atomic E-state index is 8.75. The largest absolute Gasteiger partial charge is 0.318 e. The quantitative estimate of drug-likeness (QED) is 0.829. The van der Waals surface area contributed by atoms with Gasteiger partial charge in [0.2, 0.25) is 0 Å². The van der Waals surface area contributed by atoms with Crippen LogP contribution in [0.2, 0.25) is 5.15 Å². The van der Waals surface area contributed by atoms with E-state index in [4.69, 9.17) is 16.9 Å². The Hall–Kier alpha value is -1.79. The first kappa shape index (κ1) is 12.7. The van der Waals surface area contributed by atoms with Crippen LogP contribution in [0.15, 0.2) is 18.2 Å². The van der Waals surface area contributed by atoms with Crippen LogP contribution in [-0.2, 0) is 13.5 Å². The van der Waals surface area contributed by atoms with E-state index in [1.165, 1.54) is 5.56 Å². The van der Waals surface area contributed by atoms with Crippen LogP contribution in [0.1, 0.15) is 16.8 Å². The summed E-state index contributed by atoms with van der Waals surface area (Å²) in [5.74, 6) is 0.808. The smallest absolute Gasteiger partial charge is 0.141 e. The summed E-state index contributed by atoms with van der Waals surface area (Å²) in [5.41, 5.74) is 4.06. The minimum absolute atomic E-state index is 0.234. The van der Waals surface area contributed by atoms with Gasteiger partial charge in [-0.3, -0.25) is 0 Å². The Balaban J connectivity index is 2.58. The summed E-state index contributed by atoms with van der Waals surface area (Å²) >= 11 is 6.18. The average molecular weight is 260 g/mol. The highest BCUT2D eigenvalue weighted by Crippen LogP contribution is 2.27. The van der Waals surface area contributed by atoms with Crippen molar-refractivity contribution in [2.24, 2.45) is 7.05 Å². The molecule has 0 aliphatic carbocycles. The summed E-state index contributed by atoms with van der Waals surface area (Å²) in [4.78, 5) is 4.47. The molecule has 92 valence electrons. The highest BCUT2D eigenvalue weighted by atomic mass is 35.5. The molecule has 0 bridgehead atoms. The zero-order valence-electron chi connectivity index (χ0n) is 10.7. The molecule has 1 heterocycles. The van der Waals surface area contributed by atoms with Crippen molar-refractivity contribution in [3.05, 3.63) is 40.2 Å². The van der Waals surface area contributed by atoms with Crippen LogP contribution in [0.3, 0.4) is 0 Å². The molecule has 2 rings (SSSR count). The Morgan fingerprint density at radius 3 is 2.72 bits per heavy atom. The van der Waals surface area contributed by atoms with Crippen LogP contribution in [0.4, 0.5) is 0 Å². The molecule has 0 atom stereocenters. The Bertz CT molecular complexity index is 635. The van der Waals surface area contributed by atoms with Crippen molar-refractivity contribution in [3.8, 4) is 17.5 Å². The standard InChI is InChI=1S/C14H14ClN3/c1-9-4-5-11(10(2)8-9)14-17-12(6-7-16)13(15)18(14)3/h4-5,8H,6H2,1-3H3. The van der Waals surface area contributed by atoms with Crippen molar-refractivity contribution in [1.82, 2.24) is 9.55 Å². The van der Waals surface area contributed by atoms with Crippen molar-refractivity contribution in [1.29, 1.82) is 5.26 Å². The molecule has 0 amide bonds. The van der Waals surface area contributed by atoms with Gasteiger partial charge in [0.15, 0.2) is 0 Å². The number of nitriles is 1. The van der Waals surface area contributed by atoms with Gasteiger partial charge in [-0.2, -0.15) is 5.26 Å². The first-order valence-electron chi connectivity index (χ1n) is 5.70. The number of nitrogens with zero attached hydrogens (tertiary/aromatic N) is 3. The van der Waals surface area contributed by atoms with Gasteiger partial charge in [0, 0.05) is 12.6 Å². The number of imidazole rings is 1. The molecule has 18 heavy (non-hydrogen) atoms. The summed E-state index contributed by atoms with van der Waals surface area (Å²) in [6, 6.07) is 8.28. The van der Waals surface area contributed by atoms with E-state index in [0.717, 1.165) is 17.0 Å². The summed E-state index contributed by atoms with van der Waals surface area (Å²) in [6.45, 7) is 4.11.